The van der Waals surface area contributed by atoms with Crippen LogP contribution in [-0.4, -0.2) is 4.98 Å². The maximum Gasteiger partial charge on any atom is 0.416 e. The van der Waals surface area contributed by atoms with E-state index in [0.717, 1.165) is 73.9 Å². The minimum atomic E-state index is -4.42. The summed E-state index contributed by atoms with van der Waals surface area (Å²) < 4.78 is 40.4. The zero-order valence-electron chi connectivity index (χ0n) is 25.4. The van der Waals surface area contributed by atoms with Crippen LogP contribution in [0.3, 0.4) is 0 Å². The molecule has 0 radical (unpaired) electrons. The van der Waals surface area contributed by atoms with Crippen LogP contribution in [0.25, 0.3) is 33.3 Å². The number of hydrogen-bond acceptors (Lipinski definition) is 3. The molecule has 0 saturated carbocycles. The first-order valence-electron chi connectivity index (χ1n) is 15.4. The second-order valence-corrected chi connectivity index (χ2v) is 11.7. The highest BCUT2D eigenvalue weighted by atomic mass is 19.4. The molecule has 3 nitrogen and oxygen atoms in total. The molecule has 0 atom stereocenters. The lowest BCUT2D eigenvalue weighted by molar-refractivity contribution is -0.137. The summed E-state index contributed by atoms with van der Waals surface area (Å²) in [5.74, 6) is 0. The van der Waals surface area contributed by atoms with E-state index >= 15 is 0 Å². The maximum atomic E-state index is 13.5. The van der Waals surface area contributed by atoms with Gasteiger partial charge in [-0.15, -0.1) is 0 Å². The minimum Gasteiger partial charge on any atom is -0.306 e. The van der Waals surface area contributed by atoms with Gasteiger partial charge in [0.1, 0.15) is 0 Å². The van der Waals surface area contributed by atoms with Crippen LogP contribution in [0.5, 0.6) is 0 Å². The summed E-state index contributed by atoms with van der Waals surface area (Å²) in [5, 5.41) is 0.947. The van der Waals surface area contributed by atoms with Gasteiger partial charge < -0.3 is 9.80 Å². The van der Waals surface area contributed by atoms with Crippen molar-refractivity contribution in [2.75, 3.05) is 9.80 Å². The fraction of sp³-hybridized carbons (Fsp3) is 0.0488. The fourth-order valence-electron chi connectivity index (χ4n) is 6.42. The van der Waals surface area contributed by atoms with Gasteiger partial charge in [-0.25, -0.2) is 4.98 Å². The van der Waals surface area contributed by atoms with Crippen molar-refractivity contribution >= 4 is 45.0 Å². The Kier molecular flexibility index (Phi) is 6.80. The van der Waals surface area contributed by atoms with E-state index in [9.17, 15) is 13.2 Å². The number of fused-ring (bicyclic) bond motifs is 3. The number of aromatic nitrogens is 1. The van der Waals surface area contributed by atoms with Gasteiger partial charge in [-0.3, -0.25) is 0 Å². The zero-order chi connectivity index (χ0) is 32.1. The van der Waals surface area contributed by atoms with Gasteiger partial charge in [-0.05, 0) is 78.7 Å². The molecule has 0 fully saturated rings. The first-order chi connectivity index (χ1) is 22.9. The number of benzene rings is 6. The second kappa shape index (κ2) is 11.2. The lowest BCUT2D eigenvalue weighted by atomic mass is 9.96. The second-order valence-electron chi connectivity index (χ2n) is 11.7. The molecule has 2 heterocycles. The number of nitrogens with zero attached hydrogens (tertiary/aromatic N) is 3. The van der Waals surface area contributed by atoms with Crippen molar-refractivity contribution in [2.24, 2.45) is 0 Å². The first kappa shape index (κ1) is 28.6. The molecule has 8 rings (SSSR count). The summed E-state index contributed by atoms with van der Waals surface area (Å²) in [7, 11) is 0. The highest BCUT2D eigenvalue weighted by molar-refractivity contribution is 6.09. The molecule has 0 spiro atoms. The van der Waals surface area contributed by atoms with Gasteiger partial charge in [0.05, 0.1) is 45.2 Å². The van der Waals surface area contributed by atoms with Gasteiger partial charge in [0, 0.05) is 16.6 Å². The van der Waals surface area contributed by atoms with E-state index in [2.05, 4.69) is 82.6 Å². The Hall–Kier alpha value is -5.88. The predicted octanol–water partition coefficient (Wildman–Crippen LogP) is 12.1. The largest absolute Gasteiger partial charge is 0.416 e. The fourth-order valence-corrected chi connectivity index (χ4v) is 6.42. The first-order valence-corrected chi connectivity index (χ1v) is 15.4. The van der Waals surface area contributed by atoms with Crippen molar-refractivity contribution in [1.82, 2.24) is 4.98 Å². The van der Waals surface area contributed by atoms with Crippen molar-refractivity contribution in [3.63, 3.8) is 0 Å². The third-order valence-corrected chi connectivity index (χ3v) is 8.67. The Labute approximate surface area is 270 Å². The Morgan fingerprint density at radius 2 is 1.04 bits per heavy atom. The Balaban J connectivity index is 1.39. The molecule has 6 aromatic carbocycles. The summed E-state index contributed by atoms with van der Waals surface area (Å²) in [5.41, 5.74) is 10.3. The van der Waals surface area contributed by atoms with E-state index in [4.69, 9.17) is 4.98 Å². The van der Waals surface area contributed by atoms with E-state index < -0.39 is 11.7 Å². The number of pyridine rings is 1. The van der Waals surface area contributed by atoms with Gasteiger partial charge in [-0.2, -0.15) is 13.2 Å². The van der Waals surface area contributed by atoms with Gasteiger partial charge >= 0.3 is 6.18 Å². The van der Waals surface area contributed by atoms with Crippen molar-refractivity contribution in [3.8, 4) is 22.4 Å². The highest BCUT2D eigenvalue weighted by Gasteiger charge is 2.32. The van der Waals surface area contributed by atoms with E-state index in [1.54, 1.807) is 0 Å². The molecule has 0 saturated heterocycles. The van der Waals surface area contributed by atoms with Crippen LogP contribution < -0.4 is 9.80 Å². The highest BCUT2D eigenvalue weighted by Crippen LogP contribution is 2.55. The van der Waals surface area contributed by atoms with Crippen LogP contribution in [-0.2, 0) is 6.18 Å². The van der Waals surface area contributed by atoms with Crippen LogP contribution in [0.1, 0.15) is 11.1 Å². The molecule has 0 unspecified atom stereocenters. The molecule has 1 aliphatic rings. The van der Waals surface area contributed by atoms with Crippen molar-refractivity contribution in [3.05, 3.63) is 163 Å². The van der Waals surface area contributed by atoms with E-state index in [1.807, 2.05) is 61.5 Å². The molecular formula is C41H28F3N3. The van der Waals surface area contributed by atoms with Crippen LogP contribution in [0.4, 0.5) is 47.3 Å². The van der Waals surface area contributed by atoms with Gasteiger partial charge in [-0.1, -0.05) is 96.6 Å². The number of rotatable bonds is 4. The summed E-state index contributed by atoms with van der Waals surface area (Å²) >= 11 is 0. The summed E-state index contributed by atoms with van der Waals surface area (Å²) in [4.78, 5) is 9.72. The topological polar surface area (TPSA) is 19.4 Å². The summed E-state index contributed by atoms with van der Waals surface area (Å²) in [6, 6.07) is 48.6. The Morgan fingerprint density at radius 1 is 0.511 bits per heavy atom. The number of para-hydroxylation sites is 6. The third-order valence-electron chi connectivity index (χ3n) is 8.67. The number of hydrogen-bond donors (Lipinski definition) is 0. The summed E-state index contributed by atoms with van der Waals surface area (Å²) in [6.45, 7) is 2.05. The molecule has 0 bridgehead atoms. The van der Waals surface area contributed by atoms with Crippen molar-refractivity contribution in [2.45, 2.75) is 13.1 Å². The van der Waals surface area contributed by atoms with Crippen molar-refractivity contribution < 1.29 is 13.2 Å². The molecule has 47 heavy (non-hydrogen) atoms. The SMILES string of the molecule is Cc1ccc(-c2cc(-c3ccc(C(F)(F)F)cc3)nc3c(N4c5ccccc5N(c5ccccc5)c5ccccc54)cccc23)cc1. The Morgan fingerprint density at radius 3 is 1.64 bits per heavy atom. The lowest BCUT2D eigenvalue weighted by Gasteiger charge is -2.40. The molecular weight excluding hydrogens is 591 g/mol. The smallest absolute Gasteiger partial charge is 0.306 e. The number of aryl methyl sites for hydroxylation is 1. The average Bonchev–Trinajstić information content (AvgIpc) is 3.10. The number of halogens is 3. The predicted molar refractivity (Wildman–Crippen MR) is 185 cm³/mol. The normalized spacial score (nSPS) is 12.6. The van der Waals surface area contributed by atoms with E-state index in [0.29, 0.717) is 11.3 Å². The minimum absolute atomic E-state index is 0.596. The summed E-state index contributed by atoms with van der Waals surface area (Å²) in [6.07, 6.45) is -4.42. The molecule has 0 amide bonds. The van der Waals surface area contributed by atoms with Crippen LogP contribution in [0.15, 0.2) is 152 Å². The quantitative estimate of drug-likeness (QED) is 0.195. The van der Waals surface area contributed by atoms with Gasteiger partial charge in [0.2, 0.25) is 0 Å². The zero-order valence-corrected chi connectivity index (χ0v) is 25.4. The van der Waals surface area contributed by atoms with Crippen molar-refractivity contribution in [1.29, 1.82) is 0 Å². The van der Waals surface area contributed by atoms with Crippen LogP contribution in [0, 0.1) is 6.92 Å². The van der Waals surface area contributed by atoms with Gasteiger partial charge in [0.25, 0.3) is 0 Å². The molecule has 7 aromatic rings. The monoisotopic (exact) mass is 619 g/mol. The molecule has 6 heteroatoms. The average molecular weight is 620 g/mol. The molecule has 0 N–H and O–H groups in total. The van der Waals surface area contributed by atoms with E-state index in [1.165, 1.54) is 12.1 Å². The standard InChI is InChI=1S/C41H28F3N3/c1-27-18-20-28(21-19-27)33-26-34(29-22-24-30(25-23-29)41(42,43)44)45-40-32(33)12-9-17-39(40)47-37-15-7-5-13-35(37)46(31-10-3-2-4-11-31)36-14-6-8-16-38(36)47/h2-26H,1H3. The third kappa shape index (κ3) is 4.99. The lowest BCUT2D eigenvalue weighted by Crippen LogP contribution is -2.24. The molecule has 1 aliphatic heterocycles. The van der Waals surface area contributed by atoms with Crippen LogP contribution in [0.2, 0.25) is 0 Å². The number of anilines is 6. The Bertz CT molecular complexity index is 2200. The van der Waals surface area contributed by atoms with Gasteiger partial charge in [0.15, 0.2) is 0 Å². The maximum absolute atomic E-state index is 13.5. The molecule has 228 valence electrons. The molecule has 0 aliphatic carbocycles. The number of alkyl halides is 3. The van der Waals surface area contributed by atoms with Crippen LogP contribution >= 0.6 is 0 Å². The van der Waals surface area contributed by atoms with E-state index in [-0.39, 0.29) is 0 Å². The molecule has 1 aromatic heterocycles.